The van der Waals surface area contributed by atoms with Crippen LogP contribution in [0, 0.1) is 6.92 Å². The number of rotatable bonds is 6. The number of likely N-dealkylation sites (tertiary alicyclic amines) is 1. The van der Waals surface area contributed by atoms with Crippen LogP contribution in [-0.2, 0) is 9.59 Å². The van der Waals surface area contributed by atoms with Crippen LogP contribution in [0.2, 0.25) is 0 Å². The van der Waals surface area contributed by atoms with Crippen LogP contribution in [0.25, 0.3) is 5.69 Å². The number of carbonyl (C=O) groups excluding carboxylic acids is 2. The Morgan fingerprint density at radius 1 is 1.27 bits per heavy atom. The van der Waals surface area contributed by atoms with Crippen LogP contribution < -0.4 is 5.32 Å². The summed E-state index contributed by atoms with van der Waals surface area (Å²) in [6.07, 6.45) is 2.05. The predicted molar refractivity (Wildman–Crippen MR) is 119 cm³/mol. The van der Waals surface area contributed by atoms with Crippen molar-refractivity contribution in [1.29, 1.82) is 0 Å². The van der Waals surface area contributed by atoms with Crippen LogP contribution in [0.15, 0.2) is 46.9 Å². The lowest BCUT2D eigenvalue weighted by Crippen LogP contribution is -2.31. The summed E-state index contributed by atoms with van der Waals surface area (Å²) in [6, 6.07) is 11.8. The third-order valence-electron chi connectivity index (χ3n) is 4.99. The molecule has 156 valence electrons. The molecule has 0 unspecified atom stereocenters. The van der Waals surface area contributed by atoms with Gasteiger partial charge in [-0.25, -0.2) is 0 Å². The Balaban J connectivity index is 1.49. The standard InChI is InChI=1S/C21H23N5O2S2/c1-14-23-24-21(26(14)17-7-3-6-16(12-17)22-15(2)27)30-13-20(28)25-10-4-8-18(25)19-9-5-11-29-19/h3,5-7,9,11-12,18H,4,8,10,13H2,1-2H3,(H,22,27)/t18-/m1/s1. The Morgan fingerprint density at radius 2 is 2.13 bits per heavy atom. The van der Waals surface area contributed by atoms with Crippen LogP contribution in [0.1, 0.15) is 36.5 Å². The minimum atomic E-state index is -0.126. The van der Waals surface area contributed by atoms with E-state index in [4.69, 9.17) is 0 Å². The smallest absolute Gasteiger partial charge is 0.233 e. The van der Waals surface area contributed by atoms with Crippen molar-refractivity contribution in [2.45, 2.75) is 37.9 Å². The summed E-state index contributed by atoms with van der Waals surface area (Å²) in [5, 5.41) is 14.0. The molecule has 2 amide bonds. The van der Waals surface area contributed by atoms with Crippen molar-refractivity contribution in [2.75, 3.05) is 17.6 Å². The molecule has 7 nitrogen and oxygen atoms in total. The maximum absolute atomic E-state index is 13.0. The number of hydrogen-bond donors (Lipinski definition) is 1. The second-order valence-electron chi connectivity index (χ2n) is 7.15. The molecule has 1 atom stereocenters. The number of aryl methyl sites for hydroxylation is 1. The Hall–Kier alpha value is -2.65. The monoisotopic (exact) mass is 441 g/mol. The average molecular weight is 442 g/mol. The minimum absolute atomic E-state index is 0.120. The molecule has 2 aromatic heterocycles. The van der Waals surface area contributed by atoms with Crippen LogP contribution in [0.5, 0.6) is 0 Å². The number of thioether (sulfide) groups is 1. The van der Waals surface area contributed by atoms with Crippen molar-refractivity contribution in [3.05, 3.63) is 52.5 Å². The Bertz CT molecular complexity index is 1050. The maximum atomic E-state index is 13.0. The molecule has 0 bridgehead atoms. The lowest BCUT2D eigenvalue weighted by atomic mass is 10.2. The third kappa shape index (κ3) is 4.41. The molecule has 1 N–H and O–H groups in total. The largest absolute Gasteiger partial charge is 0.334 e. The highest BCUT2D eigenvalue weighted by Crippen LogP contribution is 2.35. The lowest BCUT2D eigenvalue weighted by molar-refractivity contribution is -0.129. The summed E-state index contributed by atoms with van der Waals surface area (Å²) in [7, 11) is 0. The summed E-state index contributed by atoms with van der Waals surface area (Å²) >= 11 is 3.10. The molecule has 1 saturated heterocycles. The van der Waals surface area contributed by atoms with Crippen molar-refractivity contribution >= 4 is 40.6 Å². The van der Waals surface area contributed by atoms with Gasteiger partial charge in [0, 0.05) is 24.0 Å². The number of aromatic nitrogens is 3. The quantitative estimate of drug-likeness (QED) is 0.584. The van der Waals surface area contributed by atoms with Gasteiger partial charge in [-0.2, -0.15) is 0 Å². The van der Waals surface area contributed by atoms with E-state index >= 15 is 0 Å². The molecule has 3 aromatic rings. The van der Waals surface area contributed by atoms with Gasteiger partial charge in [0.15, 0.2) is 5.16 Å². The van der Waals surface area contributed by atoms with E-state index in [1.54, 1.807) is 11.3 Å². The number of thiophene rings is 1. The zero-order valence-corrected chi connectivity index (χ0v) is 18.5. The number of amides is 2. The highest BCUT2D eigenvalue weighted by Gasteiger charge is 2.30. The van der Waals surface area contributed by atoms with Gasteiger partial charge in [-0.3, -0.25) is 14.2 Å². The van der Waals surface area contributed by atoms with E-state index in [2.05, 4.69) is 27.0 Å². The first-order valence-electron chi connectivity index (χ1n) is 9.78. The number of nitrogens with zero attached hydrogens (tertiary/aromatic N) is 4. The predicted octanol–water partition coefficient (Wildman–Crippen LogP) is 4.05. The fraction of sp³-hybridized carbons (Fsp3) is 0.333. The van der Waals surface area contributed by atoms with E-state index in [0.717, 1.165) is 30.9 Å². The second kappa shape index (κ2) is 9.01. The van der Waals surface area contributed by atoms with Gasteiger partial charge in [-0.1, -0.05) is 23.9 Å². The number of hydrogen-bond acceptors (Lipinski definition) is 6. The van der Waals surface area contributed by atoms with Crippen molar-refractivity contribution in [1.82, 2.24) is 19.7 Å². The Morgan fingerprint density at radius 3 is 2.90 bits per heavy atom. The van der Waals surface area contributed by atoms with Gasteiger partial charge >= 0.3 is 0 Å². The highest BCUT2D eigenvalue weighted by atomic mass is 32.2. The molecule has 1 aliphatic rings. The molecular weight excluding hydrogens is 418 g/mol. The van der Waals surface area contributed by atoms with E-state index in [1.807, 2.05) is 46.7 Å². The van der Waals surface area contributed by atoms with Crippen LogP contribution in [-0.4, -0.2) is 43.8 Å². The molecule has 0 radical (unpaired) electrons. The zero-order chi connectivity index (χ0) is 21.1. The zero-order valence-electron chi connectivity index (χ0n) is 16.9. The average Bonchev–Trinajstić information content (AvgIpc) is 3.46. The number of carbonyl (C=O) groups is 2. The molecule has 1 fully saturated rings. The van der Waals surface area contributed by atoms with Crippen molar-refractivity contribution in [2.24, 2.45) is 0 Å². The molecule has 3 heterocycles. The van der Waals surface area contributed by atoms with Gasteiger partial charge in [-0.05, 0) is 49.4 Å². The van der Waals surface area contributed by atoms with Gasteiger partial charge in [0.2, 0.25) is 11.8 Å². The van der Waals surface area contributed by atoms with Crippen LogP contribution in [0.3, 0.4) is 0 Å². The fourth-order valence-electron chi connectivity index (χ4n) is 3.71. The summed E-state index contributed by atoms with van der Waals surface area (Å²) < 4.78 is 1.91. The molecule has 0 aliphatic carbocycles. The van der Waals surface area contributed by atoms with Gasteiger partial charge in [0.25, 0.3) is 0 Å². The topological polar surface area (TPSA) is 80.1 Å². The number of anilines is 1. The SMILES string of the molecule is CC(=O)Nc1cccc(-n2c(C)nnc2SCC(=O)N2CCC[C@@H]2c2cccs2)c1. The normalized spacial score (nSPS) is 16.1. The minimum Gasteiger partial charge on any atom is -0.334 e. The fourth-order valence-corrected chi connectivity index (χ4v) is 5.47. The molecule has 0 saturated carbocycles. The first-order chi connectivity index (χ1) is 14.5. The van der Waals surface area contributed by atoms with E-state index in [-0.39, 0.29) is 17.9 Å². The van der Waals surface area contributed by atoms with E-state index in [0.29, 0.717) is 16.6 Å². The van der Waals surface area contributed by atoms with Crippen molar-refractivity contribution < 1.29 is 9.59 Å². The lowest BCUT2D eigenvalue weighted by Gasteiger charge is -2.23. The molecule has 1 aliphatic heterocycles. The second-order valence-corrected chi connectivity index (χ2v) is 9.07. The summed E-state index contributed by atoms with van der Waals surface area (Å²) in [4.78, 5) is 27.6. The first kappa shape index (κ1) is 20.6. The third-order valence-corrected chi connectivity index (χ3v) is 6.88. The first-order valence-corrected chi connectivity index (χ1v) is 11.6. The summed E-state index contributed by atoms with van der Waals surface area (Å²) in [5.41, 5.74) is 1.55. The van der Waals surface area contributed by atoms with Crippen LogP contribution in [0.4, 0.5) is 5.69 Å². The number of nitrogens with one attached hydrogen (secondary N) is 1. The van der Waals surface area contributed by atoms with Gasteiger partial charge in [-0.15, -0.1) is 21.5 Å². The Labute approximate surface area is 183 Å². The van der Waals surface area contributed by atoms with E-state index in [9.17, 15) is 9.59 Å². The van der Waals surface area contributed by atoms with Crippen molar-refractivity contribution in [3.63, 3.8) is 0 Å². The van der Waals surface area contributed by atoms with E-state index in [1.165, 1.54) is 23.6 Å². The summed E-state index contributed by atoms with van der Waals surface area (Å²) in [5.74, 6) is 1.03. The maximum Gasteiger partial charge on any atom is 0.233 e. The van der Waals surface area contributed by atoms with E-state index < -0.39 is 0 Å². The Kier molecular flexibility index (Phi) is 6.19. The molecule has 0 spiro atoms. The van der Waals surface area contributed by atoms with Gasteiger partial charge in [0.1, 0.15) is 5.82 Å². The molecule has 4 rings (SSSR count). The highest BCUT2D eigenvalue weighted by molar-refractivity contribution is 7.99. The number of benzene rings is 1. The molecule has 30 heavy (non-hydrogen) atoms. The molecule has 9 heteroatoms. The van der Waals surface area contributed by atoms with Crippen LogP contribution >= 0.6 is 23.1 Å². The van der Waals surface area contributed by atoms with Crippen molar-refractivity contribution in [3.8, 4) is 5.69 Å². The van der Waals surface area contributed by atoms with Gasteiger partial charge < -0.3 is 10.2 Å². The molecular formula is C21H23N5O2S2. The molecule has 1 aromatic carbocycles. The summed E-state index contributed by atoms with van der Waals surface area (Å²) in [6.45, 7) is 4.15. The van der Waals surface area contributed by atoms with Gasteiger partial charge in [0.05, 0.1) is 17.5 Å².